The Morgan fingerprint density at radius 3 is 2.68 bits per heavy atom. The standard InChI is InChI=1S/C13H14BrNO2S2/c1-9-5-6-11(14)8-13(9)19(16,17)15-10(2)12-4-3-7-18-12/h3-8,10,15H,1-2H3. The summed E-state index contributed by atoms with van der Waals surface area (Å²) in [6, 6.07) is 8.84. The Morgan fingerprint density at radius 2 is 2.05 bits per heavy atom. The summed E-state index contributed by atoms with van der Waals surface area (Å²) in [5.41, 5.74) is 0.731. The third-order valence-corrected chi connectivity index (χ3v) is 5.97. The Morgan fingerprint density at radius 1 is 1.32 bits per heavy atom. The van der Waals surface area contributed by atoms with Crippen LogP contribution in [0.25, 0.3) is 0 Å². The quantitative estimate of drug-likeness (QED) is 0.900. The predicted octanol–water partition coefficient (Wildman–Crippen LogP) is 3.86. The second-order valence-corrected chi connectivity index (χ2v) is 7.85. The molecule has 2 rings (SSSR count). The van der Waals surface area contributed by atoms with Crippen LogP contribution >= 0.6 is 27.3 Å². The van der Waals surface area contributed by atoms with Crippen LogP contribution in [0.5, 0.6) is 0 Å². The van der Waals surface area contributed by atoms with Gasteiger partial charge in [-0.15, -0.1) is 11.3 Å². The van der Waals surface area contributed by atoms with Crippen molar-refractivity contribution in [1.29, 1.82) is 0 Å². The van der Waals surface area contributed by atoms with Gasteiger partial charge in [0.25, 0.3) is 0 Å². The van der Waals surface area contributed by atoms with Crippen LogP contribution in [0.4, 0.5) is 0 Å². The maximum Gasteiger partial charge on any atom is 0.241 e. The van der Waals surface area contributed by atoms with Crippen LogP contribution < -0.4 is 4.72 Å². The number of sulfonamides is 1. The van der Waals surface area contributed by atoms with E-state index < -0.39 is 10.0 Å². The molecule has 0 amide bonds. The molecule has 1 aromatic heterocycles. The predicted molar refractivity (Wildman–Crippen MR) is 81.9 cm³/mol. The third-order valence-electron chi connectivity index (χ3n) is 2.74. The van der Waals surface area contributed by atoms with E-state index in [1.807, 2.05) is 30.5 Å². The van der Waals surface area contributed by atoms with Crippen LogP contribution in [0, 0.1) is 6.92 Å². The molecule has 1 N–H and O–H groups in total. The molecular weight excluding hydrogens is 346 g/mol. The molecule has 1 heterocycles. The van der Waals surface area contributed by atoms with Gasteiger partial charge in [-0.2, -0.15) is 0 Å². The van der Waals surface area contributed by atoms with Crippen molar-refractivity contribution >= 4 is 37.3 Å². The first-order valence-corrected chi connectivity index (χ1v) is 8.87. The van der Waals surface area contributed by atoms with Crippen molar-refractivity contribution in [3.63, 3.8) is 0 Å². The molecule has 19 heavy (non-hydrogen) atoms. The highest BCUT2D eigenvalue weighted by atomic mass is 79.9. The van der Waals surface area contributed by atoms with Crippen LogP contribution in [0.15, 0.2) is 45.1 Å². The van der Waals surface area contributed by atoms with Gasteiger partial charge in [0.15, 0.2) is 0 Å². The van der Waals surface area contributed by atoms with Gasteiger partial charge < -0.3 is 0 Å². The summed E-state index contributed by atoms with van der Waals surface area (Å²) in [5, 5.41) is 1.94. The smallest absolute Gasteiger partial charge is 0.207 e. The van der Waals surface area contributed by atoms with Crippen molar-refractivity contribution in [2.75, 3.05) is 0 Å². The van der Waals surface area contributed by atoms with E-state index >= 15 is 0 Å². The summed E-state index contributed by atoms with van der Waals surface area (Å²) < 4.78 is 28.2. The molecule has 0 spiro atoms. The van der Waals surface area contributed by atoms with Gasteiger partial charge in [-0.3, -0.25) is 0 Å². The van der Waals surface area contributed by atoms with Gasteiger partial charge >= 0.3 is 0 Å². The molecule has 0 saturated heterocycles. The van der Waals surface area contributed by atoms with Gasteiger partial charge in [-0.25, -0.2) is 13.1 Å². The van der Waals surface area contributed by atoms with E-state index in [0.717, 1.165) is 14.9 Å². The summed E-state index contributed by atoms with van der Waals surface area (Å²) in [6.45, 7) is 3.63. The number of thiophene rings is 1. The number of halogens is 1. The fraction of sp³-hybridized carbons (Fsp3) is 0.231. The molecule has 1 aromatic carbocycles. The van der Waals surface area contributed by atoms with Crippen LogP contribution in [0.2, 0.25) is 0 Å². The van der Waals surface area contributed by atoms with Gasteiger partial charge in [0.2, 0.25) is 10.0 Å². The number of aryl methyl sites for hydroxylation is 1. The van der Waals surface area contributed by atoms with E-state index in [9.17, 15) is 8.42 Å². The lowest BCUT2D eigenvalue weighted by Crippen LogP contribution is -2.27. The second-order valence-electron chi connectivity index (χ2n) is 4.27. The Hall–Kier alpha value is -0.690. The maximum atomic E-state index is 12.4. The minimum Gasteiger partial charge on any atom is -0.207 e. The summed E-state index contributed by atoms with van der Waals surface area (Å²) >= 11 is 4.84. The molecule has 6 heteroatoms. The van der Waals surface area contributed by atoms with Gasteiger partial charge in [-0.05, 0) is 43.0 Å². The molecule has 0 bridgehead atoms. The average Bonchev–Trinajstić information content (AvgIpc) is 2.85. The monoisotopic (exact) mass is 359 g/mol. The largest absolute Gasteiger partial charge is 0.241 e. The zero-order valence-corrected chi connectivity index (χ0v) is 13.8. The molecule has 1 atom stereocenters. The molecule has 0 aliphatic carbocycles. The second kappa shape index (κ2) is 5.75. The Kier molecular flexibility index (Phi) is 4.45. The van der Waals surface area contributed by atoms with Crippen molar-refractivity contribution < 1.29 is 8.42 Å². The van der Waals surface area contributed by atoms with Crippen molar-refractivity contribution in [2.24, 2.45) is 0 Å². The van der Waals surface area contributed by atoms with Crippen LogP contribution in [0.1, 0.15) is 23.4 Å². The summed E-state index contributed by atoms with van der Waals surface area (Å²) in [5.74, 6) is 0. The first-order valence-electron chi connectivity index (χ1n) is 5.72. The summed E-state index contributed by atoms with van der Waals surface area (Å²) in [4.78, 5) is 1.31. The molecule has 0 radical (unpaired) electrons. The van der Waals surface area contributed by atoms with Gasteiger partial charge in [0, 0.05) is 9.35 Å². The summed E-state index contributed by atoms with van der Waals surface area (Å²) in [6.07, 6.45) is 0. The van der Waals surface area contributed by atoms with Crippen molar-refractivity contribution in [2.45, 2.75) is 24.8 Å². The van der Waals surface area contributed by atoms with E-state index in [0.29, 0.717) is 4.90 Å². The summed E-state index contributed by atoms with van der Waals surface area (Å²) in [7, 11) is -3.51. The molecule has 0 saturated carbocycles. The molecule has 0 aliphatic rings. The lowest BCUT2D eigenvalue weighted by molar-refractivity contribution is 0.568. The molecule has 1 unspecified atom stereocenters. The minimum absolute atomic E-state index is 0.233. The molecule has 2 aromatic rings. The first kappa shape index (κ1) is 14.7. The molecule has 102 valence electrons. The van der Waals surface area contributed by atoms with E-state index in [1.165, 1.54) is 11.3 Å². The highest BCUT2D eigenvalue weighted by Gasteiger charge is 2.20. The zero-order chi connectivity index (χ0) is 14.0. The van der Waals surface area contributed by atoms with Gasteiger partial charge in [0.1, 0.15) is 0 Å². The Labute approximate surface area is 125 Å². The maximum absolute atomic E-state index is 12.4. The van der Waals surface area contributed by atoms with Crippen LogP contribution in [-0.4, -0.2) is 8.42 Å². The number of hydrogen-bond donors (Lipinski definition) is 1. The molecule has 0 fully saturated rings. The number of hydrogen-bond acceptors (Lipinski definition) is 3. The Bertz CT molecular complexity index is 666. The van der Waals surface area contributed by atoms with Crippen molar-refractivity contribution in [1.82, 2.24) is 4.72 Å². The van der Waals surface area contributed by atoms with Crippen molar-refractivity contribution in [3.8, 4) is 0 Å². The molecule has 0 aliphatic heterocycles. The highest BCUT2D eigenvalue weighted by Crippen LogP contribution is 2.24. The molecular formula is C13H14BrNO2S2. The fourth-order valence-electron chi connectivity index (χ4n) is 1.76. The number of benzene rings is 1. The SMILES string of the molecule is Cc1ccc(Br)cc1S(=O)(=O)NC(C)c1cccs1. The van der Waals surface area contributed by atoms with Crippen molar-refractivity contribution in [3.05, 3.63) is 50.6 Å². The Balaban J connectivity index is 2.30. The normalized spacial score (nSPS) is 13.4. The van der Waals surface area contributed by atoms with Gasteiger partial charge in [-0.1, -0.05) is 28.1 Å². The van der Waals surface area contributed by atoms with E-state index in [2.05, 4.69) is 20.7 Å². The van der Waals surface area contributed by atoms with E-state index in [4.69, 9.17) is 0 Å². The lowest BCUT2D eigenvalue weighted by atomic mass is 10.2. The van der Waals surface area contributed by atoms with Crippen LogP contribution in [0.3, 0.4) is 0 Å². The number of rotatable bonds is 4. The highest BCUT2D eigenvalue weighted by molar-refractivity contribution is 9.10. The minimum atomic E-state index is -3.51. The van der Waals surface area contributed by atoms with E-state index in [1.54, 1.807) is 19.1 Å². The molecule has 3 nitrogen and oxygen atoms in total. The fourth-order valence-corrected chi connectivity index (χ4v) is 4.57. The number of nitrogens with one attached hydrogen (secondary N) is 1. The lowest BCUT2D eigenvalue weighted by Gasteiger charge is -2.14. The van der Waals surface area contributed by atoms with Gasteiger partial charge in [0.05, 0.1) is 10.9 Å². The average molecular weight is 360 g/mol. The van der Waals surface area contributed by atoms with Crippen LogP contribution in [-0.2, 0) is 10.0 Å². The zero-order valence-electron chi connectivity index (χ0n) is 10.6. The topological polar surface area (TPSA) is 46.2 Å². The van der Waals surface area contributed by atoms with E-state index in [-0.39, 0.29) is 6.04 Å². The first-order chi connectivity index (χ1) is 8.90. The third kappa shape index (κ3) is 3.45.